The number of rotatable bonds is 7. The topological polar surface area (TPSA) is 84.9 Å². The van der Waals surface area contributed by atoms with Gasteiger partial charge in [-0.3, -0.25) is 9.10 Å². The molecule has 1 amide bonds. The van der Waals surface area contributed by atoms with E-state index in [1.54, 1.807) is 25.1 Å². The third-order valence-corrected chi connectivity index (χ3v) is 7.79. The van der Waals surface area contributed by atoms with Gasteiger partial charge in [-0.1, -0.05) is 18.2 Å². The molecular weight excluding hydrogens is 428 g/mol. The number of carbonyl (C=O) groups excluding carboxylic acids is 1. The molecule has 0 fully saturated rings. The molecule has 0 spiro atoms. The number of nitrogens with zero attached hydrogens (tertiary/aromatic N) is 1. The van der Waals surface area contributed by atoms with Crippen LogP contribution in [0.25, 0.3) is 0 Å². The van der Waals surface area contributed by atoms with Crippen LogP contribution in [-0.4, -0.2) is 39.8 Å². The Morgan fingerprint density at radius 1 is 1.03 bits per heavy atom. The fraction of sp³-hybridized carbons (Fsp3) is 0.458. The van der Waals surface area contributed by atoms with Crippen molar-refractivity contribution in [3.8, 4) is 11.5 Å². The van der Waals surface area contributed by atoms with Gasteiger partial charge in [0.15, 0.2) is 11.5 Å². The maximum Gasteiger partial charge on any atom is 0.241 e. The summed E-state index contributed by atoms with van der Waals surface area (Å²) in [5.74, 6) is 0.573. The zero-order valence-electron chi connectivity index (χ0n) is 18.6. The van der Waals surface area contributed by atoms with Crippen molar-refractivity contribution < 1.29 is 22.7 Å². The second-order valence-corrected chi connectivity index (χ2v) is 10.4. The Bertz CT molecular complexity index is 1100. The van der Waals surface area contributed by atoms with Crippen LogP contribution in [0.4, 0.5) is 5.69 Å². The molecule has 2 aromatic carbocycles. The minimum absolute atomic E-state index is 0.116. The quantitative estimate of drug-likeness (QED) is 0.688. The molecule has 2 aromatic rings. The third-order valence-electron chi connectivity index (χ3n) is 6.05. The molecule has 1 aliphatic carbocycles. The van der Waals surface area contributed by atoms with Crippen molar-refractivity contribution >= 4 is 21.6 Å². The van der Waals surface area contributed by atoms with Crippen molar-refractivity contribution in [1.29, 1.82) is 0 Å². The van der Waals surface area contributed by atoms with Crippen LogP contribution in [0.1, 0.15) is 49.4 Å². The van der Waals surface area contributed by atoms with Crippen molar-refractivity contribution in [2.45, 2.75) is 45.6 Å². The van der Waals surface area contributed by atoms with Crippen molar-refractivity contribution in [3.05, 3.63) is 53.1 Å². The summed E-state index contributed by atoms with van der Waals surface area (Å²) in [4.78, 5) is 12.9. The Labute approximate surface area is 189 Å². The van der Waals surface area contributed by atoms with E-state index in [-0.39, 0.29) is 24.2 Å². The van der Waals surface area contributed by atoms with E-state index in [0.29, 0.717) is 30.4 Å². The molecule has 2 aliphatic rings. The van der Waals surface area contributed by atoms with E-state index in [4.69, 9.17) is 9.47 Å². The van der Waals surface area contributed by atoms with E-state index in [1.807, 2.05) is 6.92 Å². The van der Waals surface area contributed by atoms with E-state index >= 15 is 0 Å². The molecule has 1 heterocycles. The van der Waals surface area contributed by atoms with Gasteiger partial charge in [0.1, 0.15) is 19.8 Å². The van der Waals surface area contributed by atoms with Crippen LogP contribution in [-0.2, 0) is 27.7 Å². The van der Waals surface area contributed by atoms with Gasteiger partial charge in [0.25, 0.3) is 0 Å². The van der Waals surface area contributed by atoms with Gasteiger partial charge in [-0.15, -0.1) is 0 Å². The SMILES string of the molecule is CCS(=O)(=O)N(CC(=O)N[C@H](C)c1ccc2c(c1)CCCC2)c1ccc2c(c1)OCCO2. The van der Waals surface area contributed by atoms with Crippen LogP contribution in [0.3, 0.4) is 0 Å². The highest BCUT2D eigenvalue weighted by atomic mass is 32.2. The summed E-state index contributed by atoms with van der Waals surface area (Å²) in [6, 6.07) is 11.1. The molecule has 0 unspecified atom stereocenters. The highest BCUT2D eigenvalue weighted by Crippen LogP contribution is 2.35. The van der Waals surface area contributed by atoms with Gasteiger partial charge in [0, 0.05) is 6.07 Å². The van der Waals surface area contributed by atoms with E-state index in [1.165, 1.54) is 24.0 Å². The lowest BCUT2D eigenvalue weighted by Gasteiger charge is -2.26. The van der Waals surface area contributed by atoms with E-state index in [2.05, 4.69) is 23.5 Å². The van der Waals surface area contributed by atoms with Crippen molar-refractivity contribution in [2.24, 2.45) is 0 Å². The highest BCUT2D eigenvalue weighted by molar-refractivity contribution is 7.92. The lowest BCUT2D eigenvalue weighted by molar-refractivity contribution is -0.120. The Hall–Kier alpha value is -2.74. The minimum atomic E-state index is -3.67. The van der Waals surface area contributed by atoms with Crippen LogP contribution < -0.4 is 19.1 Å². The molecule has 7 nitrogen and oxygen atoms in total. The summed E-state index contributed by atoms with van der Waals surface area (Å²) in [7, 11) is -3.67. The highest BCUT2D eigenvalue weighted by Gasteiger charge is 2.26. The summed E-state index contributed by atoms with van der Waals surface area (Å²) < 4.78 is 37.8. The lowest BCUT2D eigenvalue weighted by atomic mass is 9.89. The molecule has 1 atom stereocenters. The molecule has 32 heavy (non-hydrogen) atoms. The number of ether oxygens (including phenoxy) is 2. The fourth-order valence-electron chi connectivity index (χ4n) is 4.22. The predicted molar refractivity (Wildman–Crippen MR) is 124 cm³/mol. The number of aryl methyl sites for hydroxylation is 2. The van der Waals surface area contributed by atoms with Crippen molar-refractivity contribution in [2.75, 3.05) is 29.8 Å². The first-order valence-corrected chi connectivity index (χ1v) is 12.8. The summed E-state index contributed by atoms with van der Waals surface area (Å²) >= 11 is 0. The van der Waals surface area contributed by atoms with Gasteiger partial charge < -0.3 is 14.8 Å². The molecule has 0 bridgehead atoms. The smallest absolute Gasteiger partial charge is 0.241 e. The van der Waals surface area contributed by atoms with Crippen LogP contribution in [0.2, 0.25) is 0 Å². The molecule has 1 aliphatic heterocycles. The molecule has 4 rings (SSSR count). The van der Waals surface area contributed by atoms with E-state index in [9.17, 15) is 13.2 Å². The number of nitrogens with one attached hydrogen (secondary N) is 1. The van der Waals surface area contributed by atoms with Crippen LogP contribution in [0.5, 0.6) is 11.5 Å². The summed E-state index contributed by atoms with van der Waals surface area (Å²) in [6.07, 6.45) is 4.59. The average molecular weight is 459 g/mol. The molecule has 0 saturated carbocycles. The van der Waals surface area contributed by atoms with Gasteiger partial charge in [0.2, 0.25) is 15.9 Å². The summed E-state index contributed by atoms with van der Waals surface area (Å²) in [6.45, 7) is 4.03. The molecular formula is C24H30N2O5S. The van der Waals surface area contributed by atoms with Crippen molar-refractivity contribution in [3.63, 3.8) is 0 Å². The van der Waals surface area contributed by atoms with Crippen molar-refractivity contribution in [1.82, 2.24) is 5.32 Å². The summed E-state index contributed by atoms with van der Waals surface area (Å²) in [5, 5.41) is 2.96. The van der Waals surface area contributed by atoms with Crippen LogP contribution in [0.15, 0.2) is 36.4 Å². The monoisotopic (exact) mass is 458 g/mol. The number of benzene rings is 2. The maximum absolute atomic E-state index is 12.9. The number of hydrogen-bond acceptors (Lipinski definition) is 5. The standard InChI is InChI=1S/C24H30N2O5S/c1-3-32(28,29)26(21-10-11-22-23(15-21)31-13-12-30-22)16-24(27)25-17(2)19-9-8-18-6-4-5-7-20(18)14-19/h8-11,14-15,17H,3-7,12-13,16H2,1-2H3,(H,25,27)/t17-/m1/s1. The molecule has 0 saturated heterocycles. The molecule has 0 aromatic heterocycles. The number of fused-ring (bicyclic) bond motifs is 2. The number of carbonyl (C=O) groups is 1. The van der Waals surface area contributed by atoms with Crippen LogP contribution in [0, 0.1) is 0 Å². The largest absolute Gasteiger partial charge is 0.486 e. The second kappa shape index (κ2) is 9.40. The average Bonchev–Trinajstić information content (AvgIpc) is 2.81. The predicted octanol–water partition coefficient (Wildman–Crippen LogP) is 3.37. The zero-order chi connectivity index (χ0) is 22.7. The summed E-state index contributed by atoms with van der Waals surface area (Å²) in [5.41, 5.74) is 4.15. The Balaban J connectivity index is 1.50. The number of amides is 1. The Morgan fingerprint density at radius 3 is 2.50 bits per heavy atom. The Morgan fingerprint density at radius 2 is 1.75 bits per heavy atom. The van der Waals surface area contributed by atoms with Gasteiger partial charge in [0.05, 0.1) is 17.5 Å². The molecule has 172 valence electrons. The van der Waals surface area contributed by atoms with Gasteiger partial charge in [-0.2, -0.15) is 0 Å². The number of hydrogen-bond donors (Lipinski definition) is 1. The first kappa shape index (κ1) is 22.5. The van der Waals surface area contributed by atoms with Gasteiger partial charge >= 0.3 is 0 Å². The first-order valence-electron chi connectivity index (χ1n) is 11.2. The van der Waals surface area contributed by atoms with E-state index < -0.39 is 10.0 Å². The normalized spacial score (nSPS) is 16.1. The minimum Gasteiger partial charge on any atom is -0.486 e. The van der Waals surface area contributed by atoms with E-state index in [0.717, 1.165) is 22.7 Å². The Kier molecular flexibility index (Phi) is 6.60. The first-order chi connectivity index (χ1) is 15.4. The molecule has 8 heteroatoms. The number of sulfonamides is 1. The fourth-order valence-corrected chi connectivity index (χ4v) is 5.28. The molecule has 1 N–H and O–H groups in total. The number of anilines is 1. The van der Waals surface area contributed by atoms with Gasteiger partial charge in [-0.25, -0.2) is 8.42 Å². The third kappa shape index (κ3) is 4.85. The zero-order valence-corrected chi connectivity index (χ0v) is 19.4. The van der Waals surface area contributed by atoms with Crippen LogP contribution >= 0.6 is 0 Å². The molecule has 0 radical (unpaired) electrons. The second-order valence-electron chi connectivity index (χ2n) is 8.26. The lowest BCUT2D eigenvalue weighted by Crippen LogP contribution is -2.42. The van der Waals surface area contributed by atoms with Gasteiger partial charge in [-0.05, 0) is 68.4 Å². The maximum atomic E-state index is 12.9.